The van der Waals surface area contributed by atoms with Crippen LogP contribution in [0.3, 0.4) is 0 Å². The summed E-state index contributed by atoms with van der Waals surface area (Å²) >= 11 is 0. The smallest absolute Gasteiger partial charge is 0.170 e. The summed E-state index contributed by atoms with van der Waals surface area (Å²) in [5, 5.41) is 1.48. The minimum Gasteiger partial charge on any atom is -0.497 e. The van der Waals surface area contributed by atoms with Crippen molar-refractivity contribution < 1.29 is 4.74 Å². The van der Waals surface area contributed by atoms with Crippen molar-refractivity contribution in [3.8, 4) is 5.75 Å². The molecule has 0 atom stereocenters. The van der Waals surface area contributed by atoms with Crippen molar-refractivity contribution in [3.05, 3.63) is 42.2 Å². The molecule has 1 aromatic carbocycles. The molecule has 0 unspecified atom stereocenters. The number of methoxy groups -OCH3 is 1. The second-order valence-corrected chi connectivity index (χ2v) is 12.4. The minimum absolute atomic E-state index is 0.517. The zero-order valence-corrected chi connectivity index (χ0v) is 17.5. The maximum atomic E-state index is 5.51. The lowest BCUT2D eigenvalue weighted by molar-refractivity contribution is 0.414. The Morgan fingerprint density at radius 1 is 1.04 bits per heavy atom. The topological polar surface area (TPSA) is 35.0 Å². The number of hydrogen-bond donors (Lipinski definition) is 0. The molecule has 3 nitrogen and oxygen atoms in total. The molecule has 0 aliphatic rings. The van der Waals surface area contributed by atoms with Crippen molar-refractivity contribution >= 4 is 18.7 Å². The zero-order valence-electron chi connectivity index (χ0n) is 16.5. The van der Waals surface area contributed by atoms with Crippen molar-refractivity contribution in [3.63, 3.8) is 0 Å². The van der Waals surface area contributed by atoms with E-state index >= 15 is 0 Å². The second kappa shape index (κ2) is 8.61. The Morgan fingerprint density at radius 3 is 2.20 bits per heavy atom. The minimum atomic E-state index is -2.11. The molecule has 0 spiro atoms. The number of ether oxygens (including phenoxy) is 1. The van der Waals surface area contributed by atoms with Gasteiger partial charge in [0, 0.05) is 12.4 Å². The van der Waals surface area contributed by atoms with E-state index in [2.05, 4.69) is 52.8 Å². The van der Waals surface area contributed by atoms with Crippen molar-refractivity contribution in [1.82, 2.24) is 9.97 Å². The summed E-state index contributed by atoms with van der Waals surface area (Å²) in [6.45, 7) is 11.6. The van der Waals surface area contributed by atoms with Gasteiger partial charge in [-0.1, -0.05) is 47.1 Å². The van der Waals surface area contributed by atoms with Crippen LogP contribution in [0, 0.1) is 0 Å². The highest BCUT2D eigenvalue weighted by Crippen LogP contribution is 2.33. The zero-order chi connectivity index (χ0) is 18.4. The lowest BCUT2D eigenvalue weighted by Crippen LogP contribution is -2.65. The lowest BCUT2D eigenvalue weighted by Gasteiger charge is -2.39. The van der Waals surface area contributed by atoms with Crippen LogP contribution < -0.4 is 15.4 Å². The predicted octanol–water partition coefficient (Wildman–Crippen LogP) is 4.21. The van der Waals surface area contributed by atoms with Gasteiger partial charge in [-0.05, 0) is 52.9 Å². The molecule has 2 rings (SSSR count). The van der Waals surface area contributed by atoms with Gasteiger partial charge in [-0.25, -0.2) is 9.97 Å². The summed E-state index contributed by atoms with van der Waals surface area (Å²) in [4.78, 5) is 9.51. The Bertz CT molecular complexity index is 663. The van der Waals surface area contributed by atoms with Gasteiger partial charge in [-0.3, -0.25) is 0 Å². The van der Waals surface area contributed by atoms with E-state index in [4.69, 9.17) is 14.7 Å². The molecule has 0 fully saturated rings. The molecule has 1 aromatic heterocycles. The quantitative estimate of drug-likeness (QED) is 0.665. The van der Waals surface area contributed by atoms with E-state index < -0.39 is 8.07 Å². The highest BCUT2D eigenvalue weighted by atomic mass is 28.3. The molecular weight excluding hydrogens is 324 g/mol. The number of hydrogen-bond acceptors (Lipinski definition) is 3. The van der Waals surface area contributed by atoms with Gasteiger partial charge in [0.1, 0.15) is 11.2 Å². The molecule has 1 heterocycles. The van der Waals surface area contributed by atoms with Gasteiger partial charge in [-0.15, -0.1) is 0 Å². The first kappa shape index (κ1) is 19.6. The van der Waals surface area contributed by atoms with E-state index in [9.17, 15) is 0 Å². The van der Waals surface area contributed by atoms with Crippen LogP contribution in [0.15, 0.2) is 36.7 Å². The Morgan fingerprint density at radius 2 is 1.68 bits per heavy atom. The van der Waals surface area contributed by atoms with Crippen LogP contribution in [0.2, 0.25) is 11.1 Å². The van der Waals surface area contributed by atoms with E-state index in [1.807, 2.05) is 18.5 Å². The maximum Gasteiger partial charge on any atom is 0.170 e. The van der Waals surface area contributed by atoms with Crippen LogP contribution in [0.25, 0.3) is 0 Å². The molecule has 0 N–H and O–H groups in total. The average molecular weight is 357 g/mol. The number of rotatable bonds is 8. The fourth-order valence-electron chi connectivity index (χ4n) is 4.11. The first-order valence-electron chi connectivity index (χ1n) is 9.43. The molecule has 0 saturated carbocycles. The summed E-state index contributed by atoms with van der Waals surface area (Å²) in [5.74, 6) is 0.944. The number of unbranched alkanes of at least 4 members (excludes halogenated alkanes) is 1. The molecule has 4 heteroatoms. The van der Waals surface area contributed by atoms with Gasteiger partial charge in [0.05, 0.1) is 7.11 Å². The van der Waals surface area contributed by atoms with Crippen molar-refractivity contribution in [2.24, 2.45) is 0 Å². The molecule has 25 heavy (non-hydrogen) atoms. The SMILES string of the molecule is CCCCc1cc(OC)ccc1[Si](c1ncccn1)(C(C)C)C(C)C. The van der Waals surface area contributed by atoms with Crippen LogP contribution >= 0.6 is 0 Å². The van der Waals surface area contributed by atoms with Gasteiger partial charge in [-0.2, -0.15) is 0 Å². The van der Waals surface area contributed by atoms with E-state index in [1.54, 1.807) is 7.11 Å². The van der Waals surface area contributed by atoms with Crippen LogP contribution in [0.1, 0.15) is 53.0 Å². The highest BCUT2D eigenvalue weighted by Gasteiger charge is 2.47. The fraction of sp³-hybridized carbons (Fsp3) is 0.524. The second-order valence-electron chi connectivity index (χ2n) is 7.38. The Labute approximate surface area is 153 Å². The largest absolute Gasteiger partial charge is 0.497 e. The van der Waals surface area contributed by atoms with Crippen LogP contribution in [-0.2, 0) is 6.42 Å². The molecular formula is C21H32N2OSi. The lowest BCUT2D eigenvalue weighted by atomic mass is 10.1. The molecule has 2 aromatic rings. The third-order valence-corrected chi connectivity index (χ3v) is 11.3. The fourth-order valence-corrected chi connectivity index (χ4v) is 9.63. The van der Waals surface area contributed by atoms with Gasteiger partial charge in [0.2, 0.25) is 0 Å². The van der Waals surface area contributed by atoms with E-state index in [0.29, 0.717) is 11.1 Å². The Kier molecular flexibility index (Phi) is 6.76. The number of aromatic nitrogens is 2. The summed E-state index contributed by atoms with van der Waals surface area (Å²) in [6, 6.07) is 8.56. The third kappa shape index (κ3) is 3.79. The first-order valence-corrected chi connectivity index (χ1v) is 11.6. The molecule has 136 valence electrons. The summed E-state index contributed by atoms with van der Waals surface area (Å²) in [6.07, 6.45) is 7.26. The Hall–Kier alpha value is -1.68. The number of nitrogens with zero attached hydrogens (tertiary/aromatic N) is 2. The van der Waals surface area contributed by atoms with Crippen LogP contribution in [0.5, 0.6) is 5.75 Å². The third-order valence-electron chi connectivity index (χ3n) is 5.31. The van der Waals surface area contributed by atoms with Crippen molar-refractivity contribution in [2.45, 2.75) is 65.0 Å². The highest BCUT2D eigenvalue weighted by molar-refractivity contribution is 7.03. The van der Waals surface area contributed by atoms with Crippen molar-refractivity contribution in [1.29, 1.82) is 0 Å². The van der Waals surface area contributed by atoms with Crippen LogP contribution in [-0.4, -0.2) is 25.2 Å². The average Bonchev–Trinajstić information content (AvgIpc) is 2.61. The molecule has 0 aliphatic heterocycles. The monoisotopic (exact) mass is 356 g/mol. The molecule has 0 bridgehead atoms. The van der Waals surface area contributed by atoms with Crippen molar-refractivity contribution in [2.75, 3.05) is 7.11 Å². The first-order chi connectivity index (χ1) is 12.0. The molecule has 0 aliphatic carbocycles. The van der Waals surface area contributed by atoms with Crippen LogP contribution in [0.4, 0.5) is 0 Å². The maximum absolute atomic E-state index is 5.51. The van der Waals surface area contributed by atoms with Gasteiger partial charge < -0.3 is 4.74 Å². The molecule has 0 amide bonds. The molecule has 0 saturated heterocycles. The predicted molar refractivity (Wildman–Crippen MR) is 109 cm³/mol. The number of aryl methyl sites for hydroxylation is 1. The van der Waals surface area contributed by atoms with E-state index in [0.717, 1.165) is 17.6 Å². The summed E-state index contributed by atoms with van der Waals surface area (Å²) < 4.78 is 5.51. The normalized spacial score (nSPS) is 12.0. The molecule has 0 radical (unpaired) electrons. The summed E-state index contributed by atoms with van der Waals surface area (Å²) in [7, 11) is -0.366. The van der Waals surface area contributed by atoms with Gasteiger partial charge >= 0.3 is 0 Å². The van der Waals surface area contributed by atoms with E-state index in [-0.39, 0.29) is 0 Å². The Balaban J connectivity index is 2.73. The van der Waals surface area contributed by atoms with E-state index in [1.165, 1.54) is 23.6 Å². The number of benzene rings is 1. The summed E-state index contributed by atoms with van der Waals surface area (Å²) in [5.41, 5.74) is 3.51. The van der Waals surface area contributed by atoms with Gasteiger partial charge in [0.25, 0.3) is 0 Å². The van der Waals surface area contributed by atoms with Gasteiger partial charge in [0.15, 0.2) is 8.07 Å². The standard InChI is InChI=1S/C21H32N2OSi/c1-7-8-10-18-15-19(24-6)11-12-20(18)25(16(2)3,17(4)5)21-22-13-9-14-23-21/h9,11-17H,7-8,10H2,1-6H3.